The maximum absolute atomic E-state index is 12.7. The van der Waals surface area contributed by atoms with E-state index in [1.165, 1.54) is 0 Å². The first-order valence-electron chi connectivity index (χ1n) is 8.68. The first kappa shape index (κ1) is 16.9. The highest BCUT2D eigenvalue weighted by Gasteiger charge is 2.17. The van der Waals surface area contributed by atoms with Crippen molar-refractivity contribution >= 4 is 39.8 Å². The van der Waals surface area contributed by atoms with E-state index in [-0.39, 0.29) is 5.91 Å². The van der Waals surface area contributed by atoms with Crippen molar-refractivity contribution in [1.29, 1.82) is 0 Å². The van der Waals surface area contributed by atoms with Crippen molar-refractivity contribution in [2.24, 2.45) is 0 Å². The number of ether oxygens (including phenoxy) is 1. The molecule has 0 aliphatic carbocycles. The second-order valence-corrected chi connectivity index (χ2v) is 6.78. The molecule has 5 nitrogen and oxygen atoms in total. The predicted molar refractivity (Wildman–Crippen MR) is 105 cm³/mol. The lowest BCUT2D eigenvalue weighted by atomic mass is 10.1. The van der Waals surface area contributed by atoms with Crippen molar-refractivity contribution in [3.05, 3.63) is 59.2 Å². The number of anilines is 2. The highest BCUT2D eigenvalue weighted by atomic mass is 35.5. The molecular weight excluding hydrogens is 350 g/mol. The van der Waals surface area contributed by atoms with Gasteiger partial charge in [0, 0.05) is 35.2 Å². The summed E-state index contributed by atoms with van der Waals surface area (Å²) in [6, 6.07) is 13.6. The average molecular weight is 370 g/mol. The second kappa shape index (κ2) is 7.40. The summed E-state index contributed by atoms with van der Waals surface area (Å²) in [5.74, 6) is -0.0634. The van der Waals surface area contributed by atoms with Crippen molar-refractivity contribution in [2.45, 2.75) is 6.42 Å². The van der Waals surface area contributed by atoms with Crippen molar-refractivity contribution in [2.75, 3.05) is 36.5 Å². The summed E-state index contributed by atoms with van der Waals surface area (Å²) >= 11 is 6.16. The zero-order valence-electron chi connectivity index (χ0n) is 14.3. The molecule has 2 N–H and O–H groups in total. The quantitative estimate of drug-likeness (QED) is 0.734. The number of aromatic nitrogens is 1. The van der Waals surface area contributed by atoms with Crippen LogP contribution < -0.4 is 10.2 Å². The Bertz CT molecular complexity index is 932. The Morgan fingerprint density at radius 3 is 2.85 bits per heavy atom. The number of nitrogens with one attached hydrogen (secondary N) is 2. The summed E-state index contributed by atoms with van der Waals surface area (Å²) in [5.41, 5.74) is 3.73. The van der Waals surface area contributed by atoms with Gasteiger partial charge in [0.1, 0.15) is 0 Å². The van der Waals surface area contributed by atoms with Crippen LogP contribution in [0.1, 0.15) is 5.56 Å². The van der Waals surface area contributed by atoms with E-state index >= 15 is 0 Å². The number of rotatable bonds is 4. The largest absolute Gasteiger partial charge is 0.378 e. The number of nitrogens with zero attached hydrogens (tertiary/aromatic N) is 1. The highest BCUT2D eigenvalue weighted by molar-refractivity contribution is 6.31. The van der Waals surface area contributed by atoms with Crippen molar-refractivity contribution < 1.29 is 9.53 Å². The summed E-state index contributed by atoms with van der Waals surface area (Å²) in [6.07, 6.45) is 2.20. The number of fused-ring (bicyclic) bond motifs is 1. The number of hydrogen-bond donors (Lipinski definition) is 2. The van der Waals surface area contributed by atoms with Gasteiger partial charge in [-0.15, -0.1) is 0 Å². The van der Waals surface area contributed by atoms with Crippen LogP contribution in [0.4, 0.5) is 11.4 Å². The average Bonchev–Trinajstić information content (AvgIpc) is 3.05. The van der Waals surface area contributed by atoms with Crippen LogP contribution in [0.25, 0.3) is 10.9 Å². The minimum absolute atomic E-state index is 0.0634. The molecule has 1 aromatic heterocycles. The van der Waals surface area contributed by atoms with E-state index < -0.39 is 0 Å². The van der Waals surface area contributed by atoms with Crippen LogP contribution in [0.15, 0.2) is 48.7 Å². The first-order valence-corrected chi connectivity index (χ1v) is 9.05. The number of morpholine rings is 1. The zero-order chi connectivity index (χ0) is 17.9. The Balaban J connectivity index is 1.54. The number of hydrogen-bond acceptors (Lipinski definition) is 3. The predicted octanol–water partition coefficient (Wildman–Crippen LogP) is 3.84. The third kappa shape index (κ3) is 3.54. The molecule has 1 amide bonds. The molecule has 26 heavy (non-hydrogen) atoms. The Hall–Kier alpha value is -2.50. The molecule has 6 heteroatoms. The van der Waals surface area contributed by atoms with Crippen molar-refractivity contribution in [3.8, 4) is 0 Å². The van der Waals surface area contributed by atoms with E-state index in [4.69, 9.17) is 16.3 Å². The fourth-order valence-corrected chi connectivity index (χ4v) is 3.51. The lowest BCUT2D eigenvalue weighted by Gasteiger charge is -2.30. The van der Waals surface area contributed by atoms with Crippen LogP contribution in [-0.4, -0.2) is 37.2 Å². The van der Waals surface area contributed by atoms with Gasteiger partial charge in [-0.2, -0.15) is 0 Å². The number of halogens is 1. The van der Waals surface area contributed by atoms with E-state index in [9.17, 15) is 4.79 Å². The molecule has 2 heterocycles. The van der Waals surface area contributed by atoms with Crippen LogP contribution in [-0.2, 0) is 16.0 Å². The van der Waals surface area contributed by atoms with Crippen molar-refractivity contribution in [1.82, 2.24) is 4.98 Å². The summed E-state index contributed by atoms with van der Waals surface area (Å²) in [5, 5.41) is 4.70. The molecule has 1 aliphatic rings. The zero-order valence-corrected chi connectivity index (χ0v) is 15.1. The number of aromatic amines is 1. The standard InChI is InChI=1S/C20H20ClN3O2/c21-15-5-6-19(24-7-9-26-10-8-24)18(12-15)23-20(25)11-14-13-22-17-4-2-1-3-16(14)17/h1-6,12-13,22H,7-11H2,(H,23,25). The van der Waals surface area contributed by atoms with Crippen LogP contribution >= 0.6 is 11.6 Å². The number of para-hydroxylation sites is 1. The SMILES string of the molecule is O=C(Cc1c[nH]c2ccccc12)Nc1cc(Cl)ccc1N1CCOCC1. The van der Waals surface area contributed by atoms with Gasteiger partial charge in [-0.05, 0) is 29.8 Å². The van der Waals surface area contributed by atoms with Crippen molar-refractivity contribution in [3.63, 3.8) is 0 Å². The van der Waals surface area contributed by atoms with Gasteiger partial charge in [-0.3, -0.25) is 4.79 Å². The molecule has 0 saturated carbocycles. The number of carbonyl (C=O) groups excluding carboxylic acids is 1. The monoisotopic (exact) mass is 369 g/mol. The molecule has 0 bridgehead atoms. The first-order chi connectivity index (χ1) is 12.7. The fraction of sp³-hybridized carbons (Fsp3) is 0.250. The van der Waals surface area contributed by atoms with Gasteiger partial charge >= 0.3 is 0 Å². The Kier molecular flexibility index (Phi) is 4.82. The third-order valence-corrected chi connectivity index (χ3v) is 4.85. The summed E-state index contributed by atoms with van der Waals surface area (Å²) in [4.78, 5) is 18.1. The van der Waals surface area contributed by atoms with Gasteiger partial charge < -0.3 is 19.9 Å². The van der Waals surface area contributed by atoms with E-state index in [0.29, 0.717) is 24.7 Å². The number of benzene rings is 2. The number of carbonyl (C=O) groups is 1. The lowest BCUT2D eigenvalue weighted by molar-refractivity contribution is -0.115. The maximum Gasteiger partial charge on any atom is 0.228 e. The third-order valence-electron chi connectivity index (χ3n) is 4.61. The summed E-state index contributed by atoms with van der Waals surface area (Å²) in [6.45, 7) is 2.97. The molecule has 2 aromatic carbocycles. The highest BCUT2D eigenvalue weighted by Crippen LogP contribution is 2.30. The molecule has 4 rings (SSSR count). The Labute approximate surface area is 156 Å². The molecule has 134 valence electrons. The van der Waals surface area contributed by atoms with Gasteiger partial charge in [0.25, 0.3) is 0 Å². The normalized spacial score (nSPS) is 14.6. The smallest absolute Gasteiger partial charge is 0.228 e. The minimum Gasteiger partial charge on any atom is -0.378 e. The van der Waals surface area contributed by atoms with Gasteiger partial charge in [-0.25, -0.2) is 0 Å². The van der Waals surface area contributed by atoms with Crippen LogP contribution in [0.2, 0.25) is 5.02 Å². The van der Waals surface area contributed by atoms with E-state index in [1.54, 1.807) is 6.07 Å². The number of amides is 1. The van der Waals surface area contributed by atoms with Crippen LogP contribution in [0.3, 0.4) is 0 Å². The summed E-state index contributed by atoms with van der Waals surface area (Å²) in [7, 11) is 0. The minimum atomic E-state index is -0.0634. The van der Waals surface area contributed by atoms with E-state index in [2.05, 4.69) is 15.2 Å². The maximum atomic E-state index is 12.7. The van der Waals surface area contributed by atoms with Gasteiger partial charge in [0.2, 0.25) is 5.91 Å². The van der Waals surface area contributed by atoms with Crippen LogP contribution in [0.5, 0.6) is 0 Å². The molecule has 1 saturated heterocycles. The lowest BCUT2D eigenvalue weighted by Crippen LogP contribution is -2.36. The van der Waals surface area contributed by atoms with E-state index in [0.717, 1.165) is 40.9 Å². The Morgan fingerprint density at radius 2 is 2.00 bits per heavy atom. The fourth-order valence-electron chi connectivity index (χ4n) is 3.33. The molecule has 0 spiro atoms. The molecular formula is C20H20ClN3O2. The molecule has 0 atom stereocenters. The second-order valence-electron chi connectivity index (χ2n) is 6.35. The molecule has 1 aliphatic heterocycles. The topological polar surface area (TPSA) is 57.4 Å². The van der Waals surface area contributed by atoms with Crippen LogP contribution in [0, 0.1) is 0 Å². The van der Waals surface area contributed by atoms with Gasteiger partial charge in [0.05, 0.1) is 31.0 Å². The molecule has 0 radical (unpaired) electrons. The molecule has 1 fully saturated rings. The molecule has 0 unspecified atom stereocenters. The Morgan fingerprint density at radius 1 is 1.19 bits per heavy atom. The van der Waals surface area contributed by atoms with Gasteiger partial charge in [-0.1, -0.05) is 29.8 Å². The summed E-state index contributed by atoms with van der Waals surface area (Å²) < 4.78 is 5.42. The number of H-pyrrole nitrogens is 1. The van der Waals surface area contributed by atoms with E-state index in [1.807, 2.05) is 42.6 Å². The van der Waals surface area contributed by atoms with Gasteiger partial charge in [0.15, 0.2) is 0 Å². The molecule has 3 aromatic rings.